The molecule has 8 heteroatoms. The summed E-state index contributed by atoms with van der Waals surface area (Å²) in [6.07, 6.45) is 8.54. The number of fused-ring (bicyclic) bond motifs is 5. The van der Waals surface area contributed by atoms with Crippen molar-refractivity contribution in [2.24, 2.45) is 52.3 Å². The van der Waals surface area contributed by atoms with Crippen molar-refractivity contribution in [3.63, 3.8) is 0 Å². The van der Waals surface area contributed by atoms with E-state index in [0.717, 1.165) is 51.4 Å². The van der Waals surface area contributed by atoms with Crippen molar-refractivity contribution in [2.45, 2.75) is 130 Å². The van der Waals surface area contributed by atoms with E-state index in [4.69, 9.17) is 4.74 Å². The standard InChI is InChI=1S/C31H55NO6S/c1-7-21(8-2)39(36,37)32-29(35)38-17-14-19(4)23-10-11-24-27-25(13-16-30(23,24)5)31(6)15-12-20(33)18-26(31)22(9-3)28(27)34/h19-28,33-34H,7-18H2,1-6H3,(H,32,35)/t19-,20-,22-,23-,24+,25+,26+,27+,28-,30-,31-/m1/s1. The van der Waals surface area contributed by atoms with Crippen LogP contribution in [0.15, 0.2) is 0 Å². The first-order valence-electron chi connectivity index (χ1n) is 15.9. The van der Waals surface area contributed by atoms with Gasteiger partial charge in [-0.2, -0.15) is 0 Å². The lowest BCUT2D eigenvalue weighted by Crippen LogP contribution is -2.62. The summed E-state index contributed by atoms with van der Waals surface area (Å²) in [4.78, 5) is 12.3. The number of aliphatic hydroxyl groups is 2. The van der Waals surface area contributed by atoms with Gasteiger partial charge in [-0.1, -0.05) is 48.0 Å². The van der Waals surface area contributed by atoms with Gasteiger partial charge in [0.25, 0.3) is 0 Å². The minimum atomic E-state index is -3.72. The van der Waals surface area contributed by atoms with E-state index >= 15 is 0 Å². The predicted molar refractivity (Wildman–Crippen MR) is 153 cm³/mol. The highest BCUT2D eigenvalue weighted by Crippen LogP contribution is 2.69. The molecule has 226 valence electrons. The molecule has 0 saturated heterocycles. The van der Waals surface area contributed by atoms with E-state index in [1.807, 2.05) is 0 Å². The number of carbonyl (C=O) groups is 1. The number of amides is 1. The molecular weight excluding hydrogens is 514 g/mol. The molecule has 4 rings (SSSR count). The molecule has 0 unspecified atom stereocenters. The van der Waals surface area contributed by atoms with E-state index in [0.29, 0.717) is 54.8 Å². The Hall–Kier alpha value is -0.860. The van der Waals surface area contributed by atoms with Gasteiger partial charge >= 0.3 is 6.09 Å². The highest BCUT2D eigenvalue weighted by Gasteiger charge is 2.64. The normalized spacial score (nSPS) is 42.8. The topological polar surface area (TPSA) is 113 Å². The Kier molecular flexibility index (Phi) is 9.40. The fourth-order valence-corrected chi connectivity index (χ4v) is 11.8. The van der Waals surface area contributed by atoms with Crippen LogP contribution in [0.25, 0.3) is 0 Å². The molecule has 0 radical (unpaired) electrons. The Morgan fingerprint density at radius 3 is 2.26 bits per heavy atom. The quantitative estimate of drug-likeness (QED) is 0.319. The SMILES string of the molecule is CCC(CC)S(=O)(=O)NC(=O)OCC[C@@H](C)[C@H]1CC[C@H]2[C@@H]3[C@H](O)[C@H](CC)[C@@H]4C[C@H](O)CC[C@]4(C)[C@H]3CC[C@]12C. The van der Waals surface area contributed by atoms with Gasteiger partial charge in [0.1, 0.15) is 0 Å². The Morgan fingerprint density at radius 1 is 0.974 bits per heavy atom. The van der Waals surface area contributed by atoms with Gasteiger partial charge in [-0.15, -0.1) is 0 Å². The van der Waals surface area contributed by atoms with Crippen molar-refractivity contribution in [2.75, 3.05) is 6.61 Å². The number of hydrogen-bond acceptors (Lipinski definition) is 6. The van der Waals surface area contributed by atoms with Crippen LogP contribution in [0.5, 0.6) is 0 Å². The van der Waals surface area contributed by atoms with Gasteiger partial charge < -0.3 is 14.9 Å². The monoisotopic (exact) mass is 569 g/mol. The van der Waals surface area contributed by atoms with Gasteiger partial charge in [-0.25, -0.2) is 17.9 Å². The first-order chi connectivity index (χ1) is 18.3. The summed E-state index contributed by atoms with van der Waals surface area (Å²) in [5, 5.41) is 21.8. The lowest BCUT2D eigenvalue weighted by Gasteiger charge is -2.64. The second kappa shape index (κ2) is 11.8. The lowest BCUT2D eigenvalue weighted by molar-refractivity contribution is -0.203. The van der Waals surface area contributed by atoms with Crippen molar-refractivity contribution in [1.82, 2.24) is 4.72 Å². The average Bonchev–Trinajstić information content (AvgIpc) is 3.22. The maximum absolute atomic E-state index is 12.4. The summed E-state index contributed by atoms with van der Waals surface area (Å²) >= 11 is 0. The van der Waals surface area contributed by atoms with Crippen molar-refractivity contribution >= 4 is 16.1 Å². The largest absolute Gasteiger partial charge is 0.449 e. The average molecular weight is 570 g/mol. The fraction of sp³-hybridized carbons (Fsp3) is 0.968. The third-order valence-corrected chi connectivity index (χ3v) is 14.5. The van der Waals surface area contributed by atoms with Crippen LogP contribution in [0.4, 0.5) is 4.79 Å². The second-order valence-corrected chi connectivity index (χ2v) is 16.1. The zero-order valence-electron chi connectivity index (χ0n) is 25.2. The van der Waals surface area contributed by atoms with E-state index in [1.165, 1.54) is 0 Å². The minimum Gasteiger partial charge on any atom is -0.449 e. The Bertz CT molecular complexity index is 968. The molecule has 39 heavy (non-hydrogen) atoms. The Morgan fingerprint density at radius 2 is 1.62 bits per heavy atom. The fourth-order valence-electron chi connectivity index (χ4n) is 10.4. The smallest absolute Gasteiger partial charge is 0.420 e. The summed E-state index contributed by atoms with van der Waals surface area (Å²) in [5.74, 6) is 2.83. The van der Waals surface area contributed by atoms with Crippen molar-refractivity contribution in [3.8, 4) is 0 Å². The number of rotatable bonds is 9. The van der Waals surface area contributed by atoms with E-state index in [2.05, 4.69) is 32.4 Å². The molecule has 0 aromatic heterocycles. The van der Waals surface area contributed by atoms with E-state index in [1.54, 1.807) is 13.8 Å². The molecule has 0 aromatic rings. The van der Waals surface area contributed by atoms with Gasteiger partial charge in [0.2, 0.25) is 10.0 Å². The molecular formula is C31H55NO6S. The zero-order chi connectivity index (χ0) is 28.8. The van der Waals surface area contributed by atoms with Gasteiger partial charge in [0, 0.05) is 0 Å². The molecule has 0 spiro atoms. The number of sulfonamides is 1. The summed E-state index contributed by atoms with van der Waals surface area (Å²) in [5.41, 5.74) is 0.350. The number of aliphatic hydroxyl groups excluding tert-OH is 2. The summed E-state index contributed by atoms with van der Waals surface area (Å²) in [6, 6.07) is 0. The summed E-state index contributed by atoms with van der Waals surface area (Å²) in [7, 11) is -3.72. The molecule has 1 amide bonds. The number of hydrogen-bond donors (Lipinski definition) is 3. The second-order valence-electron chi connectivity index (χ2n) is 14.1. The van der Waals surface area contributed by atoms with Gasteiger partial charge in [-0.05, 0) is 116 Å². The molecule has 3 N–H and O–H groups in total. The van der Waals surface area contributed by atoms with Crippen molar-refractivity contribution in [1.29, 1.82) is 0 Å². The molecule has 4 saturated carbocycles. The predicted octanol–water partition coefficient (Wildman–Crippen LogP) is 5.88. The first-order valence-corrected chi connectivity index (χ1v) is 17.4. The van der Waals surface area contributed by atoms with Crippen LogP contribution in [0.3, 0.4) is 0 Å². The molecule has 0 aliphatic heterocycles. The Labute approximate surface area is 237 Å². The van der Waals surface area contributed by atoms with Crippen molar-refractivity contribution < 1.29 is 28.2 Å². The third-order valence-electron chi connectivity index (χ3n) is 12.5. The van der Waals surface area contributed by atoms with E-state index in [9.17, 15) is 23.4 Å². The van der Waals surface area contributed by atoms with Gasteiger partial charge in [0.15, 0.2) is 0 Å². The number of nitrogens with one attached hydrogen (secondary N) is 1. The maximum atomic E-state index is 12.4. The van der Waals surface area contributed by atoms with E-state index in [-0.39, 0.29) is 35.6 Å². The van der Waals surface area contributed by atoms with Gasteiger partial charge in [0.05, 0.1) is 24.1 Å². The zero-order valence-corrected chi connectivity index (χ0v) is 26.0. The van der Waals surface area contributed by atoms with Crippen molar-refractivity contribution in [3.05, 3.63) is 0 Å². The highest BCUT2D eigenvalue weighted by molar-refractivity contribution is 7.90. The summed E-state index contributed by atoms with van der Waals surface area (Å²) in [6.45, 7) is 13.2. The molecule has 0 bridgehead atoms. The third kappa shape index (κ3) is 5.52. The van der Waals surface area contributed by atoms with Crippen LogP contribution >= 0.6 is 0 Å². The van der Waals surface area contributed by atoms with Crippen LogP contribution in [-0.4, -0.2) is 48.8 Å². The van der Waals surface area contributed by atoms with Crippen LogP contribution in [0.1, 0.15) is 112 Å². The molecule has 7 nitrogen and oxygen atoms in total. The maximum Gasteiger partial charge on any atom is 0.420 e. The number of ether oxygens (including phenoxy) is 1. The lowest BCUT2D eigenvalue weighted by atomic mass is 9.41. The van der Waals surface area contributed by atoms with E-state index < -0.39 is 21.4 Å². The summed E-state index contributed by atoms with van der Waals surface area (Å²) < 4.78 is 32.2. The molecule has 4 aliphatic carbocycles. The molecule has 4 fully saturated rings. The molecule has 4 aliphatic rings. The molecule has 0 aromatic carbocycles. The minimum absolute atomic E-state index is 0.151. The Balaban J connectivity index is 1.41. The van der Waals surface area contributed by atoms with Crippen LogP contribution in [0.2, 0.25) is 0 Å². The van der Waals surface area contributed by atoms with Crippen LogP contribution in [0, 0.1) is 52.3 Å². The molecule has 11 atom stereocenters. The van der Waals surface area contributed by atoms with Crippen LogP contribution in [-0.2, 0) is 14.8 Å². The van der Waals surface area contributed by atoms with Crippen LogP contribution < -0.4 is 4.72 Å². The van der Waals surface area contributed by atoms with Gasteiger partial charge in [-0.3, -0.25) is 0 Å². The first kappa shape index (κ1) is 31.1. The molecule has 0 heterocycles. The highest BCUT2D eigenvalue weighted by atomic mass is 32.2. The number of carbonyl (C=O) groups excluding carboxylic acids is 1.